The molecule has 30 heavy (non-hydrogen) atoms. The van der Waals surface area contributed by atoms with E-state index in [4.69, 9.17) is 9.47 Å². The zero-order valence-electron chi connectivity index (χ0n) is 16.8. The minimum atomic E-state index is -0.297. The zero-order chi connectivity index (χ0) is 20.9. The topological polar surface area (TPSA) is 84.0 Å². The molecule has 0 saturated carbocycles. The molecular weight excluding hydrogens is 387 g/mol. The number of nitrogens with zero attached hydrogens (tertiary/aromatic N) is 1. The summed E-state index contributed by atoms with van der Waals surface area (Å²) >= 11 is 0. The van der Waals surface area contributed by atoms with Crippen LogP contribution in [0, 0.1) is 5.82 Å². The molecule has 0 aliphatic carbocycles. The van der Waals surface area contributed by atoms with Gasteiger partial charge < -0.3 is 25.4 Å². The molecule has 2 aromatic rings. The van der Waals surface area contributed by atoms with Crippen LogP contribution in [0.25, 0.3) is 0 Å². The van der Waals surface area contributed by atoms with E-state index in [9.17, 15) is 9.18 Å². The Labute approximate surface area is 174 Å². The quantitative estimate of drug-likeness (QED) is 0.519. The van der Waals surface area contributed by atoms with Gasteiger partial charge in [0.15, 0.2) is 12.8 Å². The molecule has 0 fully saturated rings. The first-order valence-electron chi connectivity index (χ1n) is 9.99. The summed E-state index contributed by atoms with van der Waals surface area (Å²) in [6.45, 7) is 1.67. The van der Waals surface area contributed by atoms with Crippen LogP contribution in [0.15, 0.2) is 41.4 Å². The molecule has 0 spiro atoms. The van der Waals surface area contributed by atoms with Crippen molar-refractivity contribution in [3.8, 4) is 5.75 Å². The SMILES string of the molecule is CN=C(NCCc1cc(F)cc2c1OCOC2)NCC1CC(=O)Nc2ccccc21. The normalized spacial score (nSPS) is 18.0. The van der Waals surface area contributed by atoms with E-state index < -0.39 is 0 Å². The van der Waals surface area contributed by atoms with Gasteiger partial charge in [-0.05, 0) is 35.7 Å². The van der Waals surface area contributed by atoms with E-state index in [2.05, 4.69) is 20.9 Å². The molecule has 2 aliphatic heterocycles. The molecule has 158 valence electrons. The summed E-state index contributed by atoms with van der Waals surface area (Å²) in [7, 11) is 1.70. The Kier molecular flexibility index (Phi) is 6.13. The highest BCUT2D eigenvalue weighted by molar-refractivity contribution is 5.94. The van der Waals surface area contributed by atoms with Crippen molar-refractivity contribution in [3.63, 3.8) is 0 Å². The molecule has 7 nitrogen and oxygen atoms in total. The lowest BCUT2D eigenvalue weighted by Gasteiger charge is -2.26. The zero-order valence-corrected chi connectivity index (χ0v) is 16.8. The van der Waals surface area contributed by atoms with E-state index in [0.717, 1.165) is 22.4 Å². The summed E-state index contributed by atoms with van der Waals surface area (Å²) < 4.78 is 24.7. The third-order valence-corrected chi connectivity index (χ3v) is 5.28. The Morgan fingerprint density at radius 3 is 3.03 bits per heavy atom. The van der Waals surface area contributed by atoms with Crippen LogP contribution in [-0.2, 0) is 22.6 Å². The molecule has 0 saturated heterocycles. The van der Waals surface area contributed by atoms with Crippen molar-refractivity contribution in [1.82, 2.24) is 10.6 Å². The predicted octanol–water partition coefficient (Wildman–Crippen LogP) is 2.53. The molecule has 2 aromatic carbocycles. The van der Waals surface area contributed by atoms with E-state index in [1.165, 1.54) is 12.1 Å². The molecule has 1 amide bonds. The summed E-state index contributed by atoms with van der Waals surface area (Å²) in [4.78, 5) is 16.2. The second-order valence-electron chi connectivity index (χ2n) is 7.33. The van der Waals surface area contributed by atoms with E-state index >= 15 is 0 Å². The van der Waals surface area contributed by atoms with Crippen molar-refractivity contribution in [2.45, 2.75) is 25.4 Å². The first-order chi connectivity index (χ1) is 14.6. The summed E-state index contributed by atoms with van der Waals surface area (Å²) in [6.07, 6.45) is 1.01. The van der Waals surface area contributed by atoms with Crippen molar-refractivity contribution in [2.24, 2.45) is 4.99 Å². The number of carbonyl (C=O) groups excluding carboxylic acids is 1. The van der Waals surface area contributed by atoms with Crippen LogP contribution < -0.4 is 20.7 Å². The average molecular weight is 412 g/mol. The molecule has 3 N–H and O–H groups in total. The van der Waals surface area contributed by atoms with Crippen LogP contribution in [-0.4, -0.2) is 38.8 Å². The maximum absolute atomic E-state index is 13.9. The number of halogens is 1. The second kappa shape index (κ2) is 9.13. The number of aliphatic imine (C=N–C) groups is 1. The maximum Gasteiger partial charge on any atom is 0.225 e. The molecule has 0 aromatic heterocycles. The lowest BCUT2D eigenvalue weighted by Crippen LogP contribution is -2.41. The minimum Gasteiger partial charge on any atom is -0.467 e. The number of fused-ring (bicyclic) bond motifs is 2. The van der Waals surface area contributed by atoms with E-state index in [1.54, 1.807) is 7.05 Å². The number of benzene rings is 2. The van der Waals surface area contributed by atoms with Crippen LogP contribution in [0.5, 0.6) is 5.75 Å². The highest BCUT2D eigenvalue weighted by atomic mass is 19.1. The highest BCUT2D eigenvalue weighted by Crippen LogP contribution is 2.31. The number of hydrogen-bond donors (Lipinski definition) is 3. The van der Waals surface area contributed by atoms with Crippen LogP contribution in [0.4, 0.5) is 10.1 Å². The largest absolute Gasteiger partial charge is 0.467 e. The Morgan fingerprint density at radius 2 is 2.17 bits per heavy atom. The van der Waals surface area contributed by atoms with Gasteiger partial charge in [-0.3, -0.25) is 9.79 Å². The lowest BCUT2D eigenvalue weighted by molar-refractivity contribution is -0.116. The molecule has 2 aliphatic rings. The fraction of sp³-hybridized carbons (Fsp3) is 0.364. The standard InChI is InChI=1S/C22H25FN4O3/c1-24-22(26-11-15-10-20(28)27-19-5-3-2-4-18(15)19)25-7-6-14-8-17(23)9-16-12-29-13-30-21(14)16/h2-5,8-9,15H,6-7,10-13H2,1H3,(H,27,28)(H2,24,25,26). The number of guanidine groups is 1. The van der Waals surface area contributed by atoms with Gasteiger partial charge in [-0.15, -0.1) is 0 Å². The third-order valence-electron chi connectivity index (χ3n) is 5.28. The van der Waals surface area contributed by atoms with Gasteiger partial charge in [-0.1, -0.05) is 18.2 Å². The highest BCUT2D eigenvalue weighted by Gasteiger charge is 2.24. The average Bonchev–Trinajstić information content (AvgIpc) is 2.75. The first kappa shape index (κ1) is 20.2. The van der Waals surface area contributed by atoms with Crippen molar-refractivity contribution >= 4 is 17.6 Å². The number of para-hydroxylation sites is 1. The first-order valence-corrected chi connectivity index (χ1v) is 9.99. The molecule has 0 radical (unpaired) electrons. The Bertz CT molecular complexity index is 963. The van der Waals surface area contributed by atoms with Crippen molar-refractivity contribution < 1.29 is 18.7 Å². The molecule has 1 unspecified atom stereocenters. The van der Waals surface area contributed by atoms with Gasteiger partial charge in [0, 0.05) is 43.7 Å². The molecule has 2 heterocycles. The third kappa shape index (κ3) is 4.54. The van der Waals surface area contributed by atoms with Crippen molar-refractivity contribution in [3.05, 3.63) is 58.9 Å². The lowest BCUT2D eigenvalue weighted by atomic mass is 9.90. The van der Waals surface area contributed by atoms with Gasteiger partial charge in [-0.25, -0.2) is 4.39 Å². The monoisotopic (exact) mass is 412 g/mol. The van der Waals surface area contributed by atoms with Crippen molar-refractivity contribution in [2.75, 3.05) is 32.2 Å². The number of anilines is 1. The molecular formula is C22H25FN4O3. The van der Waals surface area contributed by atoms with Gasteiger partial charge in [0.05, 0.1) is 6.61 Å². The smallest absolute Gasteiger partial charge is 0.225 e. The van der Waals surface area contributed by atoms with Gasteiger partial charge >= 0.3 is 0 Å². The van der Waals surface area contributed by atoms with Crippen molar-refractivity contribution in [1.29, 1.82) is 0 Å². The summed E-state index contributed by atoms with van der Waals surface area (Å²) in [5, 5.41) is 9.45. The fourth-order valence-corrected chi connectivity index (χ4v) is 3.88. The summed E-state index contributed by atoms with van der Waals surface area (Å²) in [5.74, 6) is 1.13. The molecule has 1 atom stereocenters. The molecule has 0 bridgehead atoms. The Hall–Kier alpha value is -3.13. The minimum absolute atomic E-state index is 0.0169. The summed E-state index contributed by atoms with van der Waals surface area (Å²) in [6, 6.07) is 10.8. The Morgan fingerprint density at radius 1 is 1.30 bits per heavy atom. The number of carbonyl (C=O) groups is 1. The van der Waals surface area contributed by atoms with E-state index in [1.807, 2.05) is 24.3 Å². The Balaban J connectivity index is 1.34. The van der Waals surface area contributed by atoms with Gasteiger partial charge in [0.2, 0.25) is 5.91 Å². The van der Waals surface area contributed by atoms with Gasteiger partial charge in [0.25, 0.3) is 0 Å². The van der Waals surface area contributed by atoms with Crippen LogP contribution in [0.3, 0.4) is 0 Å². The van der Waals surface area contributed by atoms with E-state index in [0.29, 0.717) is 44.2 Å². The van der Waals surface area contributed by atoms with Crippen LogP contribution in [0.2, 0.25) is 0 Å². The number of hydrogen-bond acceptors (Lipinski definition) is 4. The second-order valence-corrected chi connectivity index (χ2v) is 7.33. The molecule has 8 heteroatoms. The molecule has 4 rings (SSSR count). The fourth-order valence-electron chi connectivity index (χ4n) is 3.88. The number of amides is 1. The van der Waals surface area contributed by atoms with Gasteiger partial charge in [0.1, 0.15) is 11.6 Å². The summed E-state index contributed by atoms with van der Waals surface area (Å²) in [5.41, 5.74) is 3.51. The van der Waals surface area contributed by atoms with Crippen LogP contribution in [0.1, 0.15) is 29.0 Å². The predicted molar refractivity (Wildman–Crippen MR) is 112 cm³/mol. The maximum atomic E-state index is 13.9. The number of rotatable bonds is 5. The van der Waals surface area contributed by atoms with Crippen LogP contribution >= 0.6 is 0 Å². The van der Waals surface area contributed by atoms with E-state index in [-0.39, 0.29) is 24.4 Å². The number of ether oxygens (including phenoxy) is 2. The number of nitrogens with one attached hydrogen (secondary N) is 3. The van der Waals surface area contributed by atoms with Gasteiger partial charge in [-0.2, -0.15) is 0 Å².